The van der Waals surface area contributed by atoms with E-state index in [1.165, 1.54) is 125 Å². The van der Waals surface area contributed by atoms with Gasteiger partial charge in [0.1, 0.15) is 0 Å². The molecule has 0 N–H and O–H groups in total. The molecule has 1 heteroatoms. The fourth-order valence-electron chi connectivity index (χ4n) is 13.6. The van der Waals surface area contributed by atoms with Gasteiger partial charge < -0.3 is 4.90 Å². The van der Waals surface area contributed by atoms with Crippen LogP contribution in [0.15, 0.2) is 212 Å². The predicted octanol–water partition coefficient (Wildman–Crippen LogP) is 16.6. The van der Waals surface area contributed by atoms with Gasteiger partial charge in [-0.1, -0.05) is 176 Å². The van der Waals surface area contributed by atoms with E-state index in [1.54, 1.807) is 5.56 Å². The number of anilines is 3. The van der Waals surface area contributed by atoms with Crippen LogP contribution in [0.3, 0.4) is 0 Å². The monoisotopic (exact) mass is 817 g/mol. The Labute approximate surface area is 375 Å². The van der Waals surface area contributed by atoms with Gasteiger partial charge in [0.15, 0.2) is 0 Å². The standard InChI is InChI=1S/C63H47N/c1-3-15-43(16-4-1)63(44-17-5-2-6-18-44)61-26-14-13-25-56(61)57-32-29-47(39-62(57)63)64(45-28-31-55-52-23-10-9-21-50(52)51-22-11-12-24-53(51)59(55)37-45)46-27-30-54-49-20-8-7-19-48(49)41-33-40-34-42(36-41)58(35-40)60(54)38-46/h1-32,37-42,58H,33-36H2. The number of hydrogen-bond donors (Lipinski definition) is 0. The molecule has 0 amide bonds. The molecule has 0 aliphatic heterocycles. The second kappa shape index (κ2) is 13.9. The lowest BCUT2D eigenvalue weighted by atomic mass is 9.67. The van der Waals surface area contributed by atoms with Crippen molar-refractivity contribution in [1.82, 2.24) is 0 Å². The van der Waals surface area contributed by atoms with Crippen molar-refractivity contribution in [2.45, 2.75) is 42.9 Å². The Hall–Kier alpha value is -7.22. The highest BCUT2D eigenvalue weighted by Crippen LogP contribution is 2.61. The number of hydrogen-bond acceptors (Lipinski definition) is 1. The van der Waals surface area contributed by atoms with E-state index in [0.29, 0.717) is 11.8 Å². The Morgan fingerprint density at radius 2 is 0.859 bits per heavy atom. The summed E-state index contributed by atoms with van der Waals surface area (Å²) in [4.78, 5) is 2.59. The third kappa shape index (κ3) is 5.13. The Balaban J connectivity index is 1.05. The summed E-state index contributed by atoms with van der Waals surface area (Å²) >= 11 is 0. The summed E-state index contributed by atoms with van der Waals surface area (Å²) in [6.45, 7) is 0. The summed E-state index contributed by atoms with van der Waals surface area (Å²) in [5, 5.41) is 7.76. The van der Waals surface area contributed by atoms with E-state index >= 15 is 0 Å². The minimum Gasteiger partial charge on any atom is -0.310 e. The molecule has 10 aromatic rings. The van der Waals surface area contributed by atoms with Crippen LogP contribution in [0.4, 0.5) is 17.1 Å². The van der Waals surface area contributed by atoms with E-state index in [-0.39, 0.29) is 0 Å². The number of fused-ring (bicyclic) bond motifs is 16. The largest absolute Gasteiger partial charge is 0.310 e. The third-order valence-electron chi connectivity index (χ3n) is 16.1. The van der Waals surface area contributed by atoms with Crippen LogP contribution in [0.2, 0.25) is 0 Å². The molecule has 0 saturated heterocycles. The van der Waals surface area contributed by atoms with Gasteiger partial charge in [0.25, 0.3) is 0 Å². The molecule has 0 radical (unpaired) electrons. The lowest BCUT2D eigenvalue weighted by Gasteiger charge is -2.36. The Morgan fingerprint density at radius 1 is 0.344 bits per heavy atom. The topological polar surface area (TPSA) is 3.24 Å². The summed E-state index contributed by atoms with van der Waals surface area (Å²) in [5.74, 6) is 2.78. The van der Waals surface area contributed by atoms with Gasteiger partial charge in [-0.3, -0.25) is 0 Å². The molecule has 4 atom stereocenters. The van der Waals surface area contributed by atoms with Gasteiger partial charge >= 0.3 is 0 Å². The first kappa shape index (κ1) is 36.3. The lowest BCUT2D eigenvalue weighted by molar-refractivity contribution is 0.311. The zero-order valence-electron chi connectivity index (χ0n) is 35.8. The summed E-state index contributed by atoms with van der Waals surface area (Å²) < 4.78 is 0. The molecule has 4 aliphatic rings. The molecular weight excluding hydrogens is 771 g/mol. The minimum atomic E-state index is -0.498. The average molecular weight is 818 g/mol. The third-order valence-corrected chi connectivity index (χ3v) is 16.1. The second-order valence-electron chi connectivity index (χ2n) is 19.1. The molecule has 64 heavy (non-hydrogen) atoms. The SMILES string of the molecule is c1ccc(C2(c3ccccc3)c3ccccc3-c3ccc(N(c4ccc5c(c4)C4CC6CC(CC4C6)c4ccccc4-5)c4ccc5c6ccccc6c6ccccc6c5c4)cc32)cc1. The lowest BCUT2D eigenvalue weighted by Crippen LogP contribution is -2.28. The quantitative estimate of drug-likeness (QED) is 0.156. The van der Waals surface area contributed by atoms with Crippen molar-refractivity contribution in [3.63, 3.8) is 0 Å². The van der Waals surface area contributed by atoms with Crippen molar-refractivity contribution in [2.75, 3.05) is 4.90 Å². The van der Waals surface area contributed by atoms with Gasteiger partial charge in [-0.2, -0.15) is 0 Å². The van der Waals surface area contributed by atoms with Crippen LogP contribution in [0.1, 0.15) is 70.9 Å². The maximum Gasteiger partial charge on any atom is 0.0714 e. The van der Waals surface area contributed by atoms with Crippen LogP contribution in [0.25, 0.3) is 54.6 Å². The molecule has 0 heterocycles. The molecule has 2 fully saturated rings. The van der Waals surface area contributed by atoms with Crippen LogP contribution in [0.5, 0.6) is 0 Å². The summed E-state index contributed by atoms with van der Waals surface area (Å²) in [5.41, 5.74) is 16.9. The molecule has 4 aliphatic carbocycles. The highest BCUT2D eigenvalue weighted by molar-refractivity contribution is 6.25. The molecule has 2 saturated carbocycles. The van der Waals surface area contributed by atoms with Gasteiger partial charge in [0.2, 0.25) is 0 Å². The van der Waals surface area contributed by atoms with Crippen molar-refractivity contribution in [3.8, 4) is 22.3 Å². The van der Waals surface area contributed by atoms with Crippen LogP contribution in [-0.4, -0.2) is 0 Å². The van der Waals surface area contributed by atoms with Gasteiger partial charge in [0.05, 0.1) is 5.41 Å². The van der Waals surface area contributed by atoms with Gasteiger partial charge in [-0.05, 0) is 174 Å². The summed E-state index contributed by atoms with van der Waals surface area (Å²) in [7, 11) is 0. The van der Waals surface area contributed by atoms with E-state index in [0.717, 1.165) is 11.8 Å². The van der Waals surface area contributed by atoms with E-state index in [9.17, 15) is 0 Å². The van der Waals surface area contributed by atoms with Crippen molar-refractivity contribution in [2.24, 2.45) is 11.8 Å². The van der Waals surface area contributed by atoms with Crippen LogP contribution in [-0.2, 0) is 5.41 Å². The molecular formula is C63H47N. The van der Waals surface area contributed by atoms with Crippen LogP contribution in [0, 0.1) is 11.8 Å². The number of rotatable bonds is 5. The molecule has 10 aromatic carbocycles. The maximum absolute atomic E-state index is 2.62. The fraction of sp³-hybridized carbons (Fsp3) is 0.143. The molecule has 0 spiro atoms. The summed E-state index contributed by atoms with van der Waals surface area (Å²) in [6, 6.07) is 80.9. The molecule has 3 bridgehead atoms. The highest BCUT2D eigenvalue weighted by Gasteiger charge is 2.47. The maximum atomic E-state index is 2.62. The van der Waals surface area contributed by atoms with E-state index in [4.69, 9.17) is 0 Å². The molecule has 14 rings (SSSR count). The van der Waals surface area contributed by atoms with Crippen molar-refractivity contribution < 1.29 is 0 Å². The first-order chi connectivity index (χ1) is 31.7. The van der Waals surface area contributed by atoms with E-state index in [2.05, 4.69) is 217 Å². The zero-order valence-corrected chi connectivity index (χ0v) is 35.8. The highest BCUT2D eigenvalue weighted by atomic mass is 15.1. The average Bonchev–Trinajstić information content (AvgIpc) is 3.84. The first-order valence-electron chi connectivity index (χ1n) is 23.4. The second-order valence-corrected chi connectivity index (χ2v) is 19.1. The Bertz CT molecular complexity index is 3420. The van der Waals surface area contributed by atoms with E-state index < -0.39 is 5.41 Å². The zero-order chi connectivity index (χ0) is 41.9. The molecule has 0 aromatic heterocycles. The van der Waals surface area contributed by atoms with Crippen LogP contribution < -0.4 is 4.90 Å². The van der Waals surface area contributed by atoms with Gasteiger partial charge in [0, 0.05) is 17.1 Å². The molecule has 1 nitrogen and oxygen atoms in total. The molecule has 4 unspecified atom stereocenters. The fourth-order valence-corrected chi connectivity index (χ4v) is 13.6. The first-order valence-corrected chi connectivity index (χ1v) is 23.4. The minimum absolute atomic E-state index is 0.498. The van der Waals surface area contributed by atoms with Gasteiger partial charge in [-0.25, -0.2) is 0 Å². The smallest absolute Gasteiger partial charge is 0.0714 e. The normalized spacial score (nSPS) is 19.8. The Morgan fingerprint density at radius 3 is 1.58 bits per heavy atom. The number of nitrogens with zero attached hydrogens (tertiary/aromatic N) is 1. The van der Waals surface area contributed by atoms with Crippen LogP contribution >= 0.6 is 0 Å². The van der Waals surface area contributed by atoms with Gasteiger partial charge in [-0.15, -0.1) is 0 Å². The number of benzene rings is 10. The van der Waals surface area contributed by atoms with Crippen molar-refractivity contribution in [1.29, 1.82) is 0 Å². The summed E-state index contributed by atoms with van der Waals surface area (Å²) in [6.07, 6.45) is 5.31. The Kier molecular flexibility index (Phi) is 7.87. The van der Waals surface area contributed by atoms with Crippen molar-refractivity contribution in [3.05, 3.63) is 246 Å². The van der Waals surface area contributed by atoms with E-state index in [1.807, 2.05) is 0 Å². The molecule has 304 valence electrons. The predicted molar refractivity (Wildman–Crippen MR) is 267 cm³/mol. The van der Waals surface area contributed by atoms with Crippen molar-refractivity contribution >= 4 is 49.4 Å².